The summed E-state index contributed by atoms with van der Waals surface area (Å²) in [4.78, 5) is 0. The Balaban J connectivity index is 0.00000220. The lowest BCUT2D eigenvalue weighted by Gasteiger charge is -2.13. The molecule has 3 N–H and O–H groups in total. The average molecular weight is 305 g/mol. The highest BCUT2D eigenvalue weighted by Crippen LogP contribution is 2.19. The summed E-state index contributed by atoms with van der Waals surface area (Å²) in [6.45, 7) is 3.05. The van der Waals surface area contributed by atoms with Crippen molar-refractivity contribution in [3.05, 3.63) is 65.7 Å². The van der Waals surface area contributed by atoms with Crippen molar-refractivity contribution in [2.45, 2.75) is 38.8 Å². The Hall–Kier alpha value is -1.51. The molecule has 0 heterocycles. The van der Waals surface area contributed by atoms with Crippen molar-refractivity contribution >= 4 is 18.1 Å². The van der Waals surface area contributed by atoms with Gasteiger partial charge in [0.25, 0.3) is 0 Å². The van der Waals surface area contributed by atoms with E-state index in [4.69, 9.17) is 5.73 Å². The minimum Gasteiger partial charge on any atom is -0.381 e. The fourth-order valence-electron chi connectivity index (χ4n) is 2.24. The summed E-state index contributed by atoms with van der Waals surface area (Å²) in [7, 11) is 0. The van der Waals surface area contributed by atoms with E-state index in [0.29, 0.717) is 0 Å². The molecule has 0 aliphatic rings. The Morgan fingerprint density at radius 1 is 1.00 bits per heavy atom. The number of hydrogen-bond donors (Lipinski definition) is 2. The van der Waals surface area contributed by atoms with Gasteiger partial charge in [0.2, 0.25) is 0 Å². The molecule has 0 aliphatic carbocycles. The highest BCUT2D eigenvalue weighted by Gasteiger charge is 2.04. The molecule has 0 spiro atoms. The van der Waals surface area contributed by atoms with Crippen molar-refractivity contribution < 1.29 is 0 Å². The fourth-order valence-corrected chi connectivity index (χ4v) is 2.24. The first-order chi connectivity index (χ1) is 9.79. The first-order valence-electron chi connectivity index (χ1n) is 7.43. The Morgan fingerprint density at radius 2 is 1.67 bits per heavy atom. The maximum atomic E-state index is 6.18. The topological polar surface area (TPSA) is 38.0 Å². The zero-order chi connectivity index (χ0) is 14.2. The molecule has 0 saturated heterocycles. The molecule has 2 rings (SSSR count). The summed E-state index contributed by atoms with van der Waals surface area (Å²) in [6, 6.07) is 19.1. The van der Waals surface area contributed by atoms with Crippen LogP contribution < -0.4 is 11.1 Å². The molecule has 114 valence electrons. The molecule has 21 heavy (non-hydrogen) atoms. The van der Waals surface area contributed by atoms with Crippen LogP contribution in [-0.4, -0.2) is 0 Å². The van der Waals surface area contributed by atoms with Crippen LogP contribution in [0.1, 0.15) is 43.4 Å². The number of hydrogen-bond acceptors (Lipinski definition) is 2. The summed E-state index contributed by atoms with van der Waals surface area (Å²) in [6.07, 6.45) is 3.45. The second kappa shape index (κ2) is 9.43. The summed E-state index contributed by atoms with van der Waals surface area (Å²) in [5, 5.41) is 3.43. The van der Waals surface area contributed by atoms with E-state index in [-0.39, 0.29) is 18.4 Å². The molecule has 0 radical (unpaired) electrons. The van der Waals surface area contributed by atoms with Gasteiger partial charge >= 0.3 is 0 Å². The van der Waals surface area contributed by atoms with E-state index >= 15 is 0 Å². The lowest BCUT2D eigenvalue weighted by molar-refractivity contribution is 0.603. The van der Waals surface area contributed by atoms with E-state index in [9.17, 15) is 0 Å². The zero-order valence-electron chi connectivity index (χ0n) is 12.6. The molecule has 0 saturated carbocycles. The Morgan fingerprint density at radius 3 is 2.29 bits per heavy atom. The highest BCUT2D eigenvalue weighted by molar-refractivity contribution is 5.85. The first kappa shape index (κ1) is 17.5. The number of nitrogens with one attached hydrogen (secondary N) is 1. The van der Waals surface area contributed by atoms with Gasteiger partial charge in [-0.25, -0.2) is 0 Å². The molecule has 0 amide bonds. The minimum absolute atomic E-state index is 0. The zero-order valence-corrected chi connectivity index (χ0v) is 13.4. The number of halogens is 1. The molecular formula is C18H25ClN2. The van der Waals surface area contributed by atoms with Crippen molar-refractivity contribution in [1.29, 1.82) is 0 Å². The second-order valence-electron chi connectivity index (χ2n) is 5.21. The van der Waals surface area contributed by atoms with Crippen LogP contribution in [0.15, 0.2) is 54.6 Å². The van der Waals surface area contributed by atoms with Crippen LogP contribution in [0.2, 0.25) is 0 Å². The number of rotatable bonds is 7. The number of anilines is 1. The third kappa shape index (κ3) is 5.78. The first-order valence-corrected chi connectivity index (χ1v) is 7.43. The Kier molecular flexibility index (Phi) is 7.88. The predicted molar refractivity (Wildman–Crippen MR) is 93.9 cm³/mol. The van der Waals surface area contributed by atoms with Gasteiger partial charge in [-0.05, 0) is 29.7 Å². The van der Waals surface area contributed by atoms with Crippen molar-refractivity contribution in [3.8, 4) is 0 Å². The molecule has 2 aromatic carbocycles. The van der Waals surface area contributed by atoms with Crippen LogP contribution in [0.5, 0.6) is 0 Å². The third-order valence-electron chi connectivity index (χ3n) is 3.55. The number of unbranched alkanes of at least 4 members (excludes halogenated alkanes) is 1. The standard InChI is InChI=1S/C18H24N2.ClH/c1-2-3-9-18(19)16-10-12-17(13-11-16)20-14-15-7-5-4-6-8-15;/h4-8,10-13,18,20H,2-3,9,14,19H2,1H3;1H/t18-;/m0./s1. The van der Waals surface area contributed by atoms with E-state index in [2.05, 4.69) is 60.8 Å². The highest BCUT2D eigenvalue weighted by atomic mass is 35.5. The minimum atomic E-state index is 0. The summed E-state index contributed by atoms with van der Waals surface area (Å²) in [5.41, 5.74) is 9.83. The normalized spacial score (nSPS) is 11.5. The molecule has 0 aliphatic heterocycles. The van der Waals surface area contributed by atoms with Crippen molar-refractivity contribution in [2.75, 3.05) is 5.32 Å². The van der Waals surface area contributed by atoms with Crippen LogP contribution in [0.4, 0.5) is 5.69 Å². The van der Waals surface area contributed by atoms with Crippen LogP contribution in [0.3, 0.4) is 0 Å². The molecule has 0 fully saturated rings. The van der Waals surface area contributed by atoms with Gasteiger partial charge in [-0.15, -0.1) is 12.4 Å². The summed E-state index contributed by atoms with van der Waals surface area (Å²) < 4.78 is 0. The Bertz CT molecular complexity index is 496. The van der Waals surface area contributed by atoms with Gasteiger partial charge in [-0.2, -0.15) is 0 Å². The van der Waals surface area contributed by atoms with Crippen molar-refractivity contribution in [2.24, 2.45) is 5.73 Å². The van der Waals surface area contributed by atoms with Crippen LogP contribution >= 0.6 is 12.4 Å². The molecule has 0 aromatic heterocycles. The lowest BCUT2D eigenvalue weighted by Crippen LogP contribution is -2.10. The summed E-state index contributed by atoms with van der Waals surface area (Å²) in [5.74, 6) is 0. The molecule has 0 unspecified atom stereocenters. The largest absolute Gasteiger partial charge is 0.381 e. The monoisotopic (exact) mass is 304 g/mol. The van der Waals surface area contributed by atoms with Gasteiger partial charge in [-0.1, -0.05) is 62.2 Å². The van der Waals surface area contributed by atoms with Gasteiger partial charge in [0.1, 0.15) is 0 Å². The van der Waals surface area contributed by atoms with Gasteiger partial charge in [0.05, 0.1) is 0 Å². The summed E-state index contributed by atoms with van der Waals surface area (Å²) >= 11 is 0. The van der Waals surface area contributed by atoms with Crippen molar-refractivity contribution in [1.82, 2.24) is 0 Å². The maximum Gasteiger partial charge on any atom is 0.0400 e. The number of nitrogens with two attached hydrogens (primary N) is 1. The second-order valence-corrected chi connectivity index (χ2v) is 5.21. The van der Waals surface area contributed by atoms with Gasteiger partial charge in [0, 0.05) is 18.3 Å². The Labute approximate surface area is 134 Å². The maximum absolute atomic E-state index is 6.18. The molecular weight excluding hydrogens is 280 g/mol. The molecule has 0 bridgehead atoms. The van der Waals surface area contributed by atoms with E-state index < -0.39 is 0 Å². The quantitative estimate of drug-likeness (QED) is 0.762. The van der Waals surface area contributed by atoms with E-state index in [1.54, 1.807) is 0 Å². The van der Waals surface area contributed by atoms with Gasteiger partial charge in [0.15, 0.2) is 0 Å². The molecule has 3 heteroatoms. The van der Waals surface area contributed by atoms with Crippen LogP contribution in [0.25, 0.3) is 0 Å². The molecule has 2 nitrogen and oxygen atoms in total. The van der Waals surface area contributed by atoms with Crippen LogP contribution in [-0.2, 0) is 6.54 Å². The van der Waals surface area contributed by atoms with Crippen molar-refractivity contribution in [3.63, 3.8) is 0 Å². The fraction of sp³-hybridized carbons (Fsp3) is 0.333. The van der Waals surface area contributed by atoms with E-state index in [0.717, 1.165) is 18.7 Å². The van der Waals surface area contributed by atoms with Crippen LogP contribution in [0, 0.1) is 0 Å². The van der Waals surface area contributed by atoms with E-state index in [1.165, 1.54) is 24.0 Å². The molecule has 1 atom stereocenters. The lowest BCUT2D eigenvalue weighted by atomic mass is 10.0. The molecule has 2 aromatic rings. The average Bonchev–Trinajstić information content (AvgIpc) is 2.52. The van der Waals surface area contributed by atoms with Gasteiger partial charge < -0.3 is 11.1 Å². The third-order valence-corrected chi connectivity index (χ3v) is 3.55. The smallest absolute Gasteiger partial charge is 0.0400 e. The van der Waals surface area contributed by atoms with Gasteiger partial charge in [-0.3, -0.25) is 0 Å². The SMILES string of the molecule is CCCC[C@H](N)c1ccc(NCc2ccccc2)cc1.Cl. The number of benzene rings is 2. The predicted octanol–water partition coefficient (Wildman–Crippen LogP) is 4.91. The van der Waals surface area contributed by atoms with E-state index in [1.807, 2.05) is 6.07 Å².